The molecule has 0 spiro atoms. The third-order valence-electron chi connectivity index (χ3n) is 5.04. The molecule has 0 aromatic heterocycles. The molecule has 5 nitrogen and oxygen atoms in total. The smallest absolute Gasteiger partial charge is 0.307 e. The fraction of sp³-hybridized carbons (Fsp3) is 0.556. The Labute approximate surface area is 144 Å². The molecular weight excluding hydrogens is 332 g/mol. The van der Waals surface area contributed by atoms with Crippen molar-refractivity contribution in [3.05, 3.63) is 35.4 Å². The van der Waals surface area contributed by atoms with Crippen molar-refractivity contribution in [2.75, 3.05) is 20.3 Å². The second-order valence-electron chi connectivity index (χ2n) is 6.75. The number of benzene rings is 1. The molecule has 1 saturated carbocycles. The van der Waals surface area contributed by atoms with E-state index in [1.165, 1.54) is 19.2 Å². The van der Waals surface area contributed by atoms with E-state index in [4.69, 9.17) is 9.47 Å². The Bertz CT molecular complexity index is 673. The summed E-state index contributed by atoms with van der Waals surface area (Å²) in [7, 11) is 1.31. The van der Waals surface area contributed by atoms with E-state index in [2.05, 4.69) is 5.32 Å². The van der Waals surface area contributed by atoms with Gasteiger partial charge in [-0.05, 0) is 36.8 Å². The maximum Gasteiger partial charge on any atom is 0.307 e. The van der Waals surface area contributed by atoms with Gasteiger partial charge < -0.3 is 14.8 Å². The number of nitrogens with one attached hydrogen (secondary N) is 1. The zero-order chi connectivity index (χ0) is 18.0. The molecule has 7 heteroatoms. The van der Waals surface area contributed by atoms with Gasteiger partial charge in [-0.15, -0.1) is 0 Å². The van der Waals surface area contributed by atoms with E-state index in [1.54, 1.807) is 0 Å². The van der Waals surface area contributed by atoms with Crippen LogP contribution in [0.25, 0.3) is 0 Å². The summed E-state index contributed by atoms with van der Waals surface area (Å²) < 4.78 is 37.0. The molecule has 0 radical (unpaired) electrons. The van der Waals surface area contributed by atoms with Crippen LogP contribution in [0.3, 0.4) is 0 Å². The number of rotatable bonds is 5. The topological polar surface area (TPSA) is 64.6 Å². The Hall–Kier alpha value is -2.02. The molecule has 1 aromatic rings. The van der Waals surface area contributed by atoms with Crippen LogP contribution in [0, 0.1) is 17.6 Å². The van der Waals surface area contributed by atoms with Crippen molar-refractivity contribution < 1.29 is 27.8 Å². The van der Waals surface area contributed by atoms with Crippen LogP contribution in [-0.2, 0) is 19.1 Å². The number of hydrogen-bond donors (Lipinski definition) is 1. The van der Waals surface area contributed by atoms with E-state index in [0.29, 0.717) is 38.0 Å². The molecule has 136 valence electrons. The molecule has 1 heterocycles. The zero-order valence-corrected chi connectivity index (χ0v) is 14.0. The molecule has 2 aliphatic rings. The number of halogens is 2. The van der Waals surface area contributed by atoms with Crippen LogP contribution in [0.15, 0.2) is 18.2 Å². The van der Waals surface area contributed by atoms with Gasteiger partial charge in [0.1, 0.15) is 11.6 Å². The van der Waals surface area contributed by atoms with Gasteiger partial charge in [0.25, 0.3) is 0 Å². The van der Waals surface area contributed by atoms with Crippen molar-refractivity contribution in [1.82, 2.24) is 5.32 Å². The summed E-state index contributed by atoms with van der Waals surface area (Å²) in [6, 6.07) is 3.42. The molecule has 1 aliphatic carbocycles. The number of hydrogen-bond acceptors (Lipinski definition) is 4. The van der Waals surface area contributed by atoms with Gasteiger partial charge in [0.05, 0.1) is 19.1 Å². The van der Waals surface area contributed by atoms with Crippen molar-refractivity contribution in [2.24, 2.45) is 5.92 Å². The number of carbonyl (C=O) groups excluding carboxylic acids is 2. The molecule has 2 atom stereocenters. The highest BCUT2D eigenvalue weighted by molar-refractivity contribution is 5.84. The molecule has 1 aliphatic heterocycles. The first-order chi connectivity index (χ1) is 11.9. The van der Waals surface area contributed by atoms with Crippen molar-refractivity contribution in [2.45, 2.75) is 37.1 Å². The minimum Gasteiger partial charge on any atom is -0.469 e. The lowest BCUT2D eigenvalue weighted by molar-refractivity contribution is -0.144. The Morgan fingerprint density at radius 3 is 2.68 bits per heavy atom. The second kappa shape index (κ2) is 7.07. The van der Waals surface area contributed by atoms with Crippen molar-refractivity contribution in [3.8, 4) is 0 Å². The van der Waals surface area contributed by atoms with Crippen molar-refractivity contribution >= 4 is 11.9 Å². The third kappa shape index (κ3) is 3.98. The van der Waals surface area contributed by atoms with Gasteiger partial charge in [0, 0.05) is 25.2 Å². The highest BCUT2D eigenvalue weighted by Crippen LogP contribution is 2.49. The highest BCUT2D eigenvalue weighted by Gasteiger charge is 2.48. The standard InChI is InChI=1S/C18H21F2NO4/c1-24-16(22)10-18(4-6-25-7-5-18)21-17(23)14-9-13(14)12-3-2-11(19)8-15(12)20/h2-3,8,13-14H,4-7,9-10H2,1H3,(H,21,23)/t13-,14-/m1/s1. The van der Waals surface area contributed by atoms with Gasteiger partial charge in [-0.2, -0.15) is 0 Å². The molecule has 2 fully saturated rings. The van der Waals surface area contributed by atoms with Crippen LogP contribution in [0.2, 0.25) is 0 Å². The summed E-state index contributed by atoms with van der Waals surface area (Å²) in [6.07, 6.45) is 1.65. The van der Waals surface area contributed by atoms with Crippen LogP contribution in [0.4, 0.5) is 8.78 Å². The highest BCUT2D eigenvalue weighted by atomic mass is 19.1. The number of esters is 1. The maximum atomic E-state index is 13.9. The zero-order valence-electron chi connectivity index (χ0n) is 14.0. The molecule has 1 N–H and O–H groups in total. The molecule has 25 heavy (non-hydrogen) atoms. The predicted molar refractivity (Wildman–Crippen MR) is 84.8 cm³/mol. The molecular formula is C18H21F2NO4. The molecule has 1 saturated heterocycles. The Morgan fingerprint density at radius 2 is 2.04 bits per heavy atom. The van der Waals surface area contributed by atoms with Gasteiger partial charge in [-0.25, -0.2) is 8.78 Å². The summed E-state index contributed by atoms with van der Waals surface area (Å²) in [5.41, 5.74) is -0.327. The van der Waals surface area contributed by atoms with Crippen molar-refractivity contribution in [1.29, 1.82) is 0 Å². The lowest BCUT2D eigenvalue weighted by atomic mass is 9.86. The number of carbonyl (C=O) groups is 2. The van der Waals surface area contributed by atoms with E-state index in [1.807, 2.05) is 0 Å². The Kier molecular flexibility index (Phi) is 5.03. The second-order valence-corrected chi connectivity index (χ2v) is 6.75. The third-order valence-corrected chi connectivity index (χ3v) is 5.04. The van der Waals surface area contributed by atoms with E-state index in [0.717, 1.165) is 6.07 Å². The summed E-state index contributed by atoms with van der Waals surface area (Å²) >= 11 is 0. The Morgan fingerprint density at radius 1 is 1.32 bits per heavy atom. The predicted octanol–water partition coefficient (Wildman–Crippen LogP) is 2.30. The molecule has 1 aromatic carbocycles. The number of amides is 1. The van der Waals surface area contributed by atoms with Gasteiger partial charge in [-0.1, -0.05) is 6.07 Å². The maximum absolute atomic E-state index is 13.9. The van der Waals surface area contributed by atoms with E-state index in [9.17, 15) is 18.4 Å². The fourth-order valence-corrected chi connectivity index (χ4v) is 3.44. The van der Waals surface area contributed by atoms with E-state index in [-0.39, 0.29) is 30.1 Å². The average molecular weight is 353 g/mol. The van der Waals surface area contributed by atoms with Crippen LogP contribution >= 0.6 is 0 Å². The van der Waals surface area contributed by atoms with Crippen LogP contribution in [0.1, 0.15) is 37.2 Å². The largest absolute Gasteiger partial charge is 0.469 e. The molecule has 3 rings (SSSR count). The van der Waals surface area contributed by atoms with Gasteiger partial charge in [-0.3, -0.25) is 9.59 Å². The SMILES string of the molecule is COC(=O)CC1(NC(=O)[C@@H]2C[C@@H]2c2ccc(F)cc2F)CCOCC1. The first kappa shape index (κ1) is 17.8. The van der Waals surface area contributed by atoms with Crippen LogP contribution in [0.5, 0.6) is 0 Å². The summed E-state index contributed by atoms with van der Waals surface area (Å²) in [5.74, 6) is -2.48. The van der Waals surface area contributed by atoms with Gasteiger partial charge in [0.15, 0.2) is 0 Å². The minimum atomic E-state index is -0.684. The quantitative estimate of drug-likeness (QED) is 0.825. The van der Waals surface area contributed by atoms with E-state index < -0.39 is 17.2 Å². The lowest BCUT2D eigenvalue weighted by Gasteiger charge is -2.37. The van der Waals surface area contributed by atoms with Gasteiger partial charge in [0.2, 0.25) is 5.91 Å². The first-order valence-corrected chi connectivity index (χ1v) is 8.36. The van der Waals surface area contributed by atoms with Crippen LogP contribution in [-0.4, -0.2) is 37.7 Å². The number of methoxy groups -OCH3 is 1. The number of ether oxygens (including phenoxy) is 2. The van der Waals surface area contributed by atoms with Gasteiger partial charge >= 0.3 is 5.97 Å². The van der Waals surface area contributed by atoms with E-state index >= 15 is 0 Å². The monoisotopic (exact) mass is 353 g/mol. The average Bonchev–Trinajstić information content (AvgIpc) is 3.36. The Balaban J connectivity index is 1.67. The summed E-state index contributed by atoms with van der Waals surface area (Å²) in [5, 5.41) is 2.97. The molecule has 0 bridgehead atoms. The van der Waals surface area contributed by atoms with Crippen LogP contribution < -0.4 is 5.32 Å². The summed E-state index contributed by atoms with van der Waals surface area (Å²) in [4.78, 5) is 24.3. The lowest BCUT2D eigenvalue weighted by Crippen LogP contribution is -2.53. The molecule has 0 unspecified atom stereocenters. The molecule has 1 amide bonds. The van der Waals surface area contributed by atoms with Crippen molar-refractivity contribution in [3.63, 3.8) is 0 Å². The minimum absolute atomic E-state index is 0.0842. The normalized spacial score (nSPS) is 24.4. The fourth-order valence-electron chi connectivity index (χ4n) is 3.44. The summed E-state index contributed by atoms with van der Waals surface area (Å²) in [6.45, 7) is 0.913. The first-order valence-electron chi connectivity index (χ1n) is 8.36.